The van der Waals surface area contributed by atoms with E-state index in [0.717, 1.165) is 17.9 Å². The van der Waals surface area contributed by atoms with Crippen LogP contribution in [0.3, 0.4) is 0 Å². The monoisotopic (exact) mass is 288 g/mol. The Morgan fingerprint density at radius 3 is 2.57 bits per heavy atom. The van der Waals surface area contributed by atoms with Gasteiger partial charge in [0.05, 0.1) is 18.8 Å². The molecule has 0 saturated carbocycles. The van der Waals surface area contributed by atoms with E-state index in [4.69, 9.17) is 4.74 Å². The summed E-state index contributed by atoms with van der Waals surface area (Å²) < 4.78 is 6.77. The van der Waals surface area contributed by atoms with Gasteiger partial charge in [0.25, 0.3) is 0 Å². The van der Waals surface area contributed by atoms with Crippen LogP contribution >= 0.6 is 0 Å². The Morgan fingerprint density at radius 2 is 1.90 bits per heavy atom. The molecule has 1 heterocycles. The minimum absolute atomic E-state index is 0.358. The van der Waals surface area contributed by atoms with Gasteiger partial charge < -0.3 is 10.1 Å². The van der Waals surface area contributed by atoms with E-state index in [-0.39, 0.29) is 0 Å². The van der Waals surface area contributed by atoms with Crippen LogP contribution in [-0.4, -0.2) is 22.5 Å². The highest BCUT2D eigenvalue weighted by Gasteiger charge is 2.03. The molecule has 0 unspecified atom stereocenters. The van der Waals surface area contributed by atoms with Crippen LogP contribution in [0.2, 0.25) is 0 Å². The molecule has 0 fully saturated rings. The molecule has 0 saturated heterocycles. The topological polar surface area (TPSA) is 68.2 Å². The molecule has 0 bridgehead atoms. The second kappa shape index (κ2) is 7.33. The summed E-state index contributed by atoms with van der Waals surface area (Å²) in [7, 11) is 0. The summed E-state index contributed by atoms with van der Waals surface area (Å²) >= 11 is 0. The van der Waals surface area contributed by atoms with E-state index in [2.05, 4.69) is 22.7 Å². The molecule has 0 aliphatic rings. The van der Waals surface area contributed by atoms with Gasteiger partial charge in [0.15, 0.2) is 0 Å². The van der Waals surface area contributed by atoms with Crippen molar-refractivity contribution in [2.45, 2.75) is 26.9 Å². The number of rotatable bonds is 6. The fourth-order valence-corrected chi connectivity index (χ4v) is 1.94. The lowest BCUT2D eigenvalue weighted by atomic mass is 10.2. The maximum atomic E-state index is 11.3. The van der Waals surface area contributed by atoms with Crippen molar-refractivity contribution < 1.29 is 9.53 Å². The van der Waals surface area contributed by atoms with Gasteiger partial charge in [-0.25, -0.2) is 4.79 Å². The van der Waals surface area contributed by atoms with Crippen LogP contribution in [0.1, 0.15) is 19.5 Å². The first-order valence-electron chi connectivity index (χ1n) is 7.01. The Hall–Kier alpha value is -2.50. The highest BCUT2D eigenvalue weighted by molar-refractivity contribution is 5.84. The number of hydrogen-bond donors (Lipinski definition) is 2. The SMILES string of the molecule is CCOC(=O)Nc1ccc(NCc2ccnn2CC)cc1. The number of hydrogen-bond acceptors (Lipinski definition) is 4. The fourth-order valence-electron chi connectivity index (χ4n) is 1.94. The zero-order valence-corrected chi connectivity index (χ0v) is 12.3. The largest absolute Gasteiger partial charge is 0.450 e. The Balaban J connectivity index is 1.89. The zero-order chi connectivity index (χ0) is 15.1. The van der Waals surface area contributed by atoms with Crippen molar-refractivity contribution >= 4 is 17.5 Å². The fraction of sp³-hybridized carbons (Fsp3) is 0.333. The number of nitrogens with one attached hydrogen (secondary N) is 2. The van der Waals surface area contributed by atoms with Crippen LogP contribution in [0.25, 0.3) is 0 Å². The van der Waals surface area contributed by atoms with Gasteiger partial charge in [0.2, 0.25) is 0 Å². The lowest BCUT2D eigenvalue weighted by Gasteiger charge is -2.09. The summed E-state index contributed by atoms with van der Waals surface area (Å²) in [5.74, 6) is 0. The second-order valence-electron chi connectivity index (χ2n) is 4.41. The summed E-state index contributed by atoms with van der Waals surface area (Å²) in [6.45, 7) is 5.75. The predicted octanol–water partition coefficient (Wildman–Crippen LogP) is 3.08. The third-order valence-corrected chi connectivity index (χ3v) is 2.98. The number of nitrogens with zero attached hydrogens (tertiary/aromatic N) is 2. The van der Waals surface area contributed by atoms with Crippen molar-refractivity contribution in [1.29, 1.82) is 0 Å². The number of aryl methyl sites for hydroxylation is 1. The number of carbonyl (C=O) groups is 1. The van der Waals surface area contributed by atoms with Gasteiger partial charge >= 0.3 is 6.09 Å². The molecule has 0 spiro atoms. The Kier molecular flexibility index (Phi) is 5.20. The minimum Gasteiger partial charge on any atom is -0.450 e. The van der Waals surface area contributed by atoms with Crippen molar-refractivity contribution in [3.8, 4) is 0 Å². The summed E-state index contributed by atoms with van der Waals surface area (Å²) in [4.78, 5) is 11.3. The zero-order valence-electron chi connectivity index (χ0n) is 12.3. The molecule has 21 heavy (non-hydrogen) atoms. The van der Waals surface area contributed by atoms with Gasteiger partial charge in [-0.15, -0.1) is 0 Å². The first-order valence-corrected chi connectivity index (χ1v) is 7.01. The molecular formula is C15H20N4O2. The van der Waals surface area contributed by atoms with Crippen LogP contribution in [-0.2, 0) is 17.8 Å². The van der Waals surface area contributed by atoms with Crippen molar-refractivity contribution in [2.24, 2.45) is 0 Å². The molecular weight excluding hydrogens is 268 g/mol. The van der Waals surface area contributed by atoms with E-state index in [9.17, 15) is 4.79 Å². The molecule has 0 radical (unpaired) electrons. The maximum absolute atomic E-state index is 11.3. The van der Waals surface area contributed by atoms with Gasteiger partial charge in [0.1, 0.15) is 0 Å². The van der Waals surface area contributed by atoms with Gasteiger partial charge in [0, 0.05) is 24.1 Å². The standard InChI is InChI=1S/C15H20N4O2/c1-3-19-14(9-10-17-19)11-16-12-5-7-13(8-6-12)18-15(20)21-4-2/h5-10,16H,3-4,11H2,1-2H3,(H,18,20). The van der Waals surface area contributed by atoms with Crippen LogP contribution in [0.4, 0.5) is 16.2 Å². The maximum Gasteiger partial charge on any atom is 0.411 e. The molecule has 6 heteroatoms. The van der Waals surface area contributed by atoms with E-state index in [0.29, 0.717) is 18.8 Å². The number of benzene rings is 1. The van der Waals surface area contributed by atoms with Crippen LogP contribution in [0, 0.1) is 0 Å². The molecule has 0 atom stereocenters. The van der Waals surface area contributed by atoms with Gasteiger partial charge in [-0.2, -0.15) is 5.10 Å². The van der Waals surface area contributed by atoms with Crippen LogP contribution in [0.5, 0.6) is 0 Å². The number of carbonyl (C=O) groups excluding carboxylic acids is 1. The number of amides is 1. The first-order chi connectivity index (χ1) is 10.2. The Bertz CT molecular complexity index is 578. The molecule has 1 aromatic heterocycles. The van der Waals surface area contributed by atoms with Crippen LogP contribution < -0.4 is 10.6 Å². The van der Waals surface area contributed by atoms with E-state index >= 15 is 0 Å². The molecule has 1 aromatic carbocycles. The second-order valence-corrected chi connectivity index (χ2v) is 4.41. The number of anilines is 2. The van der Waals surface area contributed by atoms with Crippen molar-refractivity contribution in [1.82, 2.24) is 9.78 Å². The molecule has 1 amide bonds. The van der Waals surface area contributed by atoms with E-state index in [1.165, 1.54) is 0 Å². The summed E-state index contributed by atoms with van der Waals surface area (Å²) in [6, 6.07) is 9.47. The highest BCUT2D eigenvalue weighted by atomic mass is 16.5. The summed E-state index contributed by atoms with van der Waals surface area (Å²) in [6.07, 6.45) is 1.36. The van der Waals surface area contributed by atoms with E-state index in [1.807, 2.05) is 35.0 Å². The first kappa shape index (κ1) is 14.9. The molecule has 112 valence electrons. The molecule has 2 rings (SSSR count). The van der Waals surface area contributed by atoms with Crippen molar-refractivity contribution in [3.63, 3.8) is 0 Å². The Morgan fingerprint density at radius 1 is 1.19 bits per heavy atom. The summed E-state index contributed by atoms with van der Waals surface area (Å²) in [5.41, 5.74) is 2.82. The molecule has 0 aliphatic carbocycles. The third kappa shape index (κ3) is 4.24. The van der Waals surface area contributed by atoms with Gasteiger partial charge in [-0.05, 0) is 44.2 Å². The number of ether oxygens (including phenoxy) is 1. The average molecular weight is 288 g/mol. The quantitative estimate of drug-likeness (QED) is 0.857. The smallest absolute Gasteiger partial charge is 0.411 e. The van der Waals surface area contributed by atoms with Crippen molar-refractivity contribution in [3.05, 3.63) is 42.2 Å². The summed E-state index contributed by atoms with van der Waals surface area (Å²) in [5, 5.41) is 10.2. The lowest BCUT2D eigenvalue weighted by molar-refractivity contribution is 0.168. The third-order valence-electron chi connectivity index (χ3n) is 2.98. The molecule has 6 nitrogen and oxygen atoms in total. The highest BCUT2D eigenvalue weighted by Crippen LogP contribution is 2.14. The van der Waals surface area contributed by atoms with E-state index < -0.39 is 6.09 Å². The van der Waals surface area contributed by atoms with Crippen LogP contribution in [0.15, 0.2) is 36.5 Å². The normalized spacial score (nSPS) is 10.2. The number of aromatic nitrogens is 2. The van der Waals surface area contributed by atoms with Gasteiger partial charge in [-0.3, -0.25) is 10.00 Å². The average Bonchev–Trinajstić information content (AvgIpc) is 2.94. The van der Waals surface area contributed by atoms with Crippen molar-refractivity contribution in [2.75, 3.05) is 17.2 Å². The lowest BCUT2D eigenvalue weighted by Crippen LogP contribution is -2.13. The van der Waals surface area contributed by atoms with Gasteiger partial charge in [-0.1, -0.05) is 0 Å². The van der Waals surface area contributed by atoms with E-state index in [1.54, 1.807) is 13.1 Å². The molecule has 0 aliphatic heterocycles. The molecule has 2 aromatic rings. The minimum atomic E-state index is -0.440. The predicted molar refractivity (Wildman–Crippen MR) is 82.3 cm³/mol. The molecule has 2 N–H and O–H groups in total. The Labute approximate surface area is 124 Å².